The molecule has 0 bridgehead atoms. The molecule has 2 aromatic heterocycles. The molecule has 0 radical (unpaired) electrons. The average molecular weight is 396 g/mol. The summed E-state index contributed by atoms with van der Waals surface area (Å²) in [6.45, 7) is 6.39. The molecule has 0 spiro atoms. The van der Waals surface area contributed by atoms with Crippen molar-refractivity contribution in [3.8, 4) is 11.3 Å². The van der Waals surface area contributed by atoms with Gasteiger partial charge in [-0.25, -0.2) is 4.98 Å². The fourth-order valence-electron chi connectivity index (χ4n) is 3.32. The van der Waals surface area contributed by atoms with Gasteiger partial charge in [-0.3, -0.25) is 4.79 Å². The number of nitrogens with two attached hydrogens (primary N) is 1. The lowest BCUT2D eigenvalue weighted by Crippen LogP contribution is -2.40. The number of thiophene rings is 1. The van der Waals surface area contributed by atoms with Gasteiger partial charge in [0.25, 0.3) is 11.9 Å². The van der Waals surface area contributed by atoms with Gasteiger partial charge in [0.2, 0.25) is 0 Å². The maximum absolute atomic E-state index is 12.9. The number of amides is 1. The number of nitrogens with zero attached hydrogens (tertiary/aromatic N) is 5. The third kappa shape index (κ3) is 3.46. The Kier molecular flexibility index (Phi) is 5.01. The van der Waals surface area contributed by atoms with Gasteiger partial charge in [0.1, 0.15) is 4.83 Å². The second kappa shape index (κ2) is 7.61. The fourth-order valence-corrected chi connectivity index (χ4v) is 4.31. The van der Waals surface area contributed by atoms with E-state index < -0.39 is 0 Å². The number of carbonyl (C=O) groups excluding carboxylic acids is 1. The summed E-state index contributed by atoms with van der Waals surface area (Å²) in [5.74, 6) is 5.37. The van der Waals surface area contributed by atoms with Crippen LogP contribution in [0, 0.1) is 13.8 Å². The molecule has 0 aliphatic carbocycles. The first kappa shape index (κ1) is 18.5. The highest BCUT2D eigenvalue weighted by molar-refractivity contribution is 7.20. The van der Waals surface area contributed by atoms with Crippen molar-refractivity contribution in [2.24, 2.45) is 16.2 Å². The number of benzene rings is 1. The van der Waals surface area contributed by atoms with Gasteiger partial charge < -0.3 is 15.5 Å². The maximum atomic E-state index is 12.9. The minimum Gasteiger partial charge on any atom is -0.378 e. The van der Waals surface area contributed by atoms with E-state index in [1.807, 2.05) is 32.0 Å². The van der Waals surface area contributed by atoms with E-state index in [0.717, 1.165) is 22.2 Å². The molecule has 1 amide bonds. The number of carbonyl (C=O) groups is 1. The van der Waals surface area contributed by atoms with Crippen LogP contribution in [0.15, 0.2) is 34.6 Å². The molecule has 0 saturated carbocycles. The number of aryl methyl sites for hydroxylation is 2. The first-order valence-electron chi connectivity index (χ1n) is 8.94. The second-order valence-electron chi connectivity index (χ2n) is 6.64. The molecule has 2 N–H and O–H groups in total. The molecule has 4 rings (SSSR count). The highest BCUT2D eigenvalue weighted by Crippen LogP contribution is 2.35. The number of rotatable bonds is 3. The number of hydrogen-bond donors (Lipinski definition) is 1. The van der Waals surface area contributed by atoms with E-state index in [4.69, 9.17) is 10.6 Å². The number of hydrogen-bond acceptors (Lipinski definition) is 7. The van der Waals surface area contributed by atoms with Crippen LogP contribution in [0.4, 0.5) is 5.95 Å². The molecule has 3 heterocycles. The predicted molar refractivity (Wildman–Crippen MR) is 108 cm³/mol. The van der Waals surface area contributed by atoms with Gasteiger partial charge in [0.05, 0.1) is 23.8 Å². The fraction of sp³-hybridized carbons (Fsp3) is 0.316. The zero-order valence-corrected chi connectivity index (χ0v) is 16.5. The smallest absolute Gasteiger partial charge is 0.272 e. The molecule has 1 fully saturated rings. The van der Waals surface area contributed by atoms with Crippen LogP contribution in [-0.2, 0) is 4.74 Å². The molecule has 1 saturated heterocycles. The summed E-state index contributed by atoms with van der Waals surface area (Å²) in [6, 6.07) is 8.03. The largest absolute Gasteiger partial charge is 0.378 e. The highest BCUT2D eigenvalue weighted by Gasteiger charge is 2.23. The molecule has 28 heavy (non-hydrogen) atoms. The van der Waals surface area contributed by atoms with Crippen molar-refractivity contribution in [3.63, 3.8) is 0 Å². The molecule has 0 atom stereocenters. The normalized spacial score (nSPS) is 14.9. The van der Waals surface area contributed by atoms with Gasteiger partial charge in [-0.2, -0.15) is 4.98 Å². The molecule has 1 aromatic carbocycles. The summed E-state index contributed by atoms with van der Waals surface area (Å²) in [6.07, 6.45) is 0. The van der Waals surface area contributed by atoms with Gasteiger partial charge in [-0.05, 0) is 25.5 Å². The number of aromatic nitrogens is 2. The summed E-state index contributed by atoms with van der Waals surface area (Å²) < 4.78 is 5.34. The van der Waals surface area contributed by atoms with Crippen LogP contribution in [0.2, 0.25) is 0 Å². The van der Waals surface area contributed by atoms with Crippen LogP contribution < -0.4 is 5.84 Å². The Morgan fingerprint density at radius 2 is 2.00 bits per heavy atom. The Morgan fingerprint density at radius 3 is 2.71 bits per heavy atom. The zero-order valence-electron chi connectivity index (χ0n) is 15.7. The highest BCUT2D eigenvalue weighted by atomic mass is 32.1. The molecule has 0 unspecified atom stereocenters. The van der Waals surface area contributed by atoms with Crippen molar-refractivity contribution in [2.75, 3.05) is 26.3 Å². The second-order valence-corrected chi connectivity index (χ2v) is 7.67. The molecule has 1 aliphatic heterocycles. The Balaban J connectivity index is 1.85. The Hall–Kier alpha value is -2.91. The van der Waals surface area contributed by atoms with Crippen molar-refractivity contribution in [2.45, 2.75) is 13.8 Å². The summed E-state index contributed by atoms with van der Waals surface area (Å²) >= 11 is 1.33. The molecule has 1 aliphatic rings. The van der Waals surface area contributed by atoms with Crippen LogP contribution in [-0.4, -0.2) is 47.1 Å². The lowest BCUT2D eigenvalue weighted by Gasteiger charge is -2.26. The van der Waals surface area contributed by atoms with E-state index in [2.05, 4.69) is 26.4 Å². The maximum Gasteiger partial charge on any atom is 0.272 e. The molecule has 3 aromatic rings. The number of ether oxygens (including phenoxy) is 1. The third-order valence-corrected chi connectivity index (χ3v) is 5.69. The van der Waals surface area contributed by atoms with Crippen LogP contribution in [0.3, 0.4) is 0 Å². The van der Waals surface area contributed by atoms with Crippen LogP contribution in [0.5, 0.6) is 0 Å². The minimum atomic E-state index is -0.0140. The lowest BCUT2D eigenvalue weighted by molar-refractivity contribution is 0.0306. The first-order chi connectivity index (χ1) is 13.6. The van der Waals surface area contributed by atoms with Gasteiger partial charge >= 0.3 is 0 Å². The topological polar surface area (TPSA) is 106 Å². The van der Waals surface area contributed by atoms with E-state index in [0.29, 0.717) is 36.0 Å². The lowest BCUT2D eigenvalue weighted by atomic mass is 10.0. The first-order valence-corrected chi connectivity index (χ1v) is 9.75. The molecule has 144 valence electrons. The Morgan fingerprint density at radius 1 is 1.21 bits per heavy atom. The quantitative estimate of drug-likeness (QED) is 0.415. The van der Waals surface area contributed by atoms with Crippen LogP contribution in [0.1, 0.15) is 20.8 Å². The Bertz CT molecular complexity index is 1070. The van der Waals surface area contributed by atoms with Crippen molar-refractivity contribution in [1.29, 1.82) is 0 Å². The van der Waals surface area contributed by atoms with E-state index in [9.17, 15) is 4.79 Å². The van der Waals surface area contributed by atoms with E-state index in [1.165, 1.54) is 16.9 Å². The summed E-state index contributed by atoms with van der Waals surface area (Å²) in [5, 5.41) is 7.95. The van der Waals surface area contributed by atoms with E-state index in [1.54, 1.807) is 4.90 Å². The molecule has 9 heteroatoms. The summed E-state index contributed by atoms with van der Waals surface area (Å²) in [5.41, 5.74) is 3.95. The molecular formula is C19H20N6O2S. The summed E-state index contributed by atoms with van der Waals surface area (Å²) in [4.78, 5) is 25.0. The Labute approximate surface area is 166 Å². The van der Waals surface area contributed by atoms with Gasteiger partial charge in [-0.1, -0.05) is 34.1 Å². The number of fused-ring (bicyclic) bond motifs is 1. The average Bonchev–Trinajstić information content (AvgIpc) is 3.12. The SMILES string of the molecule is Cc1ccc(-c2nc(N=NN)nc3sc(C(=O)N4CCOCC4)cc23)c(C)c1. The molecule has 8 nitrogen and oxygen atoms in total. The standard InChI is InChI=1S/C19H20N6O2S/c1-11-3-4-13(12(2)9-11)16-14-10-15(18(26)25-5-7-27-8-6-25)28-17(14)22-19(21-16)23-24-20/h3-4,9-10H,5-8H2,1-2H3,(H2,20,21,22,23). The molecular weight excluding hydrogens is 376 g/mol. The third-order valence-electron chi connectivity index (χ3n) is 4.67. The van der Waals surface area contributed by atoms with Crippen molar-refractivity contribution in [1.82, 2.24) is 14.9 Å². The van der Waals surface area contributed by atoms with Crippen LogP contribution in [0.25, 0.3) is 21.5 Å². The van der Waals surface area contributed by atoms with E-state index >= 15 is 0 Å². The van der Waals surface area contributed by atoms with Gasteiger partial charge in [-0.15, -0.1) is 11.3 Å². The van der Waals surface area contributed by atoms with Crippen molar-refractivity contribution >= 4 is 33.4 Å². The van der Waals surface area contributed by atoms with Crippen LogP contribution >= 0.6 is 11.3 Å². The minimum absolute atomic E-state index is 0.0140. The van der Waals surface area contributed by atoms with Crippen molar-refractivity contribution < 1.29 is 9.53 Å². The monoisotopic (exact) mass is 396 g/mol. The van der Waals surface area contributed by atoms with Gasteiger partial charge in [0.15, 0.2) is 0 Å². The van der Waals surface area contributed by atoms with E-state index in [-0.39, 0.29) is 11.9 Å². The number of morpholine rings is 1. The van der Waals surface area contributed by atoms with Crippen molar-refractivity contribution in [3.05, 3.63) is 40.3 Å². The summed E-state index contributed by atoms with van der Waals surface area (Å²) in [7, 11) is 0. The predicted octanol–water partition coefficient (Wildman–Crippen LogP) is 3.40. The van der Waals surface area contributed by atoms with Gasteiger partial charge in [0, 0.05) is 24.0 Å². The zero-order chi connectivity index (χ0) is 19.7.